The number of rotatable bonds is 3. The fourth-order valence-corrected chi connectivity index (χ4v) is 3.35. The summed E-state index contributed by atoms with van der Waals surface area (Å²) in [5, 5.41) is 3.60. The highest BCUT2D eigenvalue weighted by atomic mass is 35.5. The highest BCUT2D eigenvalue weighted by Gasteiger charge is 2.38. The van der Waals surface area contributed by atoms with Crippen LogP contribution in [-0.2, 0) is 6.18 Å². The van der Waals surface area contributed by atoms with Crippen LogP contribution in [0, 0.1) is 6.92 Å². The first kappa shape index (κ1) is 16.8. The van der Waals surface area contributed by atoms with Crippen LogP contribution < -0.4 is 5.32 Å². The molecule has 0 spiro atoms. The lowest BCUT2D eigenvalue weighted by atomic mass is 10.1. The quantitative estimate of drug-likeness (QED) is 0.568. The van der Waals surface area contributed by atoms with Crippen molar-refractivity contribution < 1.29 is 13.2 Å². The van der Waals surface area contributed by atoms with Gasteiger partial charge in [0.15, 0.2) is 10.8 Å². The molecule has 0 aliphatic carbocycles. The van der Waals surface area contributed by atoms with Gasteiger partial charge in [0.1, 0.15) is 0 Å². The van der Waals surface area contributed by atoms with Crippen molar-refractivity contribution in [3.05, 3.63) is 64.8 Å². The fourth-order valence-electron chi connectivity index (χ4n) is 2.21. The van der Waals surface area contributed by atoms with Crippen LogP contribution in [0.3, 0.4) is 0 Å². The maximum Gasteiger partial charge on any atom is 0.434 e. The molecule has 2 nitrogen and oxygen atoms in total. The monoisotopic (exact) mass is 368 g/mol. The number of benzene rings is 2. The van der Waals surface area contributed by atoms with Gasteiger partial charge < -0.3 is 5.32 Å². The number of nitrogens with zero attached hydrogens (tertiary/aromatic N) is 1. The second kappa shape index (κ2) is 6.45. The summed E-state index contributed by atoms with van der Waals surface area (Å²) < 4.78 is 40.0. The van der Waals surface area contributed by atoms with Crippen LogP contribution in [0.25, 0.3) is 10.4 Å². The molecule has 0 saturated carbocycles. The van der Waals surface area contributed by atoms with E-state index in [2.05, 4.69) is 10.3 Å². The van der Waals surface area contributed by atoms with E-state index >= 15 is 0 Å². The molecule has 0 radical (unpaired) electrons. The number of alkyl halides is 3. The highest BCUT2D eigenvalue weighted by molar-refractivity contribution is 7.19. The molecule has 124 valence electrons. The second-order valence-electron chi connectivity index (χ2n) is 5.20. The van der Waals surface area contributed by atoms with E-state index in [9.17, 15) is 13.2 Å². The van der Waals surface area contributed by atoms with Gasteiger partial charge in [0, 0.05) is 10.7 Å². The van der Waals surface area contributed by atoms with Gasteiger partial charge in [0.05, 0.1) is 4.88 Å². The summed E-state index contributed by atoms with van der Waals surface area (Å²) >= 11 is 6.77. The Morgan fingerprint density at radius 1 is 1.08 bits per heavy atom. The van der Waals surface area contributed by atoms with Crippen LogP contribution >= 0.6 is 22.9 Å². The Bertz CT molecular complexity index is 857. The maximum atomic E-state index is 13.3. The van der Waals surface area contributed by atoms with E-state index in [1.165, 1.54) is 0 Å². The Morgan fingerprint density at radius 3 is 2.42 bits per heavy atom. The van der Waals surface area contributed by atoms with Crippen LogP contribution in [0.5, 0.6) is 0 Å². The lowest BCUT2D eigenvalue weighted by molar-refractivity contribution is -0.140. The van der Waals surface area contributed by atoms with E-state index in [0.717, 1.165) is 16.9 Å². The molecule has 0 saturated heterocycles. The third kappa shape index (κ3) is 3.71. The van der Waals surface area contributed by atoms with Gasteiger partial charge in [0.25, 0.3) is 0 Å². The number of hydrogen-bond donors (Lipinski definition) is 1. The lowest BCUT2D eigenvalue weighted by Crippen LogP contribution is -2.07. The second-order valence-corrected chi connectivity index (χ2v) is 6.63. The molecule has 0 fully saturated rings. The summed E-state index contributed by atoms with van der Waals surface area (Å²) in [6.45, 7) is 1.91. The smallest absolute Gasteiger partial charge is 0.332 e. The molecule has 0 aliphatic rings. The molecule has 2 aromatic carbocycles. The molecule has 0 amide bonds. The summed E-state index contributed by atoms with van der Waals surface area (Å²) in [5.41, 5.74) is 1.23. The Morgan fingerprint density at radius 2 is 1.79 bits per heavy atom. The minimum absolute atomic E-state index is 0.0642. The first-order valence-electron chi connectivity index (χ1n) is 7.00. The number of aromatic nitrogens is 1. The van der Waals surface area contributed by atoms with Crippen molar-refractivity contribution in [3.8, 4) is 10.4 Å². The van der Waals surface area contributed by atoms with E-state index in [0.29, 0.717) is 16.3 Å². The number of aryl methyl sites for hydroxylation is 1. The Kier molecular flexibility index (Phi) is 4.51. The molecule has 0 unspecified atom stereocenters. The largest absolute Gasteiger partial charge is 0.434 e. The minimum Gasteiger partial charge on any atom is -0.332 e. The topological polar surface area (TPSA) is 24.9 Å². The van der Waals surface area contributed by atoms with Gasteiger partial charge in [-0.25, -0.2) is 4.98 Å². The van der Waals surface area contributed by atoms with Gasteiger partial charge in [-0.05, 0) is 42.3 Å². The normalized spacial score (nSPS) is 11.5. The van der Waals surface area contributed by atoms with Crippen molar-refractivity contribution in [2.24, 2.45) is 0 Å². The van der Waals surface area contributed by atoms with Crippen molar-refractivity contribution in [1.82, 2.24) is 4.98 Å². The van der Waals surface area contributed by atoms with E-state index in [1.807, 2.05) is 25.1 Å². The van der Waals surface area contributed by atoms with E-state index < -0.39 is 11.9 Å². The van der Waals surface area contributed by atoms with Gasteiger partial charge >= 0.3 is 6.18 Å². The Labute approximate surface area is 145 Å². The summed E-state index contributed by atoms with van der Waals surface area (Å²) in [4.78, 5) is 3.82. The predicted octanol–water partition coefficient (Wildman–Crippen LogP) is 6.53. The SMILES string of the molecule is Cc1cccc(Nc2nc(C(F)(F)F)c(-c3ccc(Cl)cc3)s2)c1. The molecule has 3 aromatic rings. The first-order chi connectivity index (χ1) is 11.3. The van der Waals surface area contributed by atoms with Crippen LogP contribution in [0.1, 0.15) is 11.3 Å². The maximum absolute atomic E-state index is 13.3. The molecule has 7 heteroatoms. The van der Waals surface area contributed by atoms with Crippen molar-refractivity contribution in [2.75, 3.05) is 5.32 Å². The van der Waals surface area contributed by atoms with Gasteiger partial charge in [-0.3, -0.25) is 0 Å². The third-order valence-corrected chi connectivity index (χ3v) is 4.54. The molecule has 3 rings (SSSR count). The zero-order valence-electron chi connectivity index (χ0n) is 12.5. The summed E-state index contributed by atoms with van der Waals surface area (Å²) in [5.74, 6) is 0. The summed E-state index contributed by atoms with van der Waals surface area (Å²) in [6.07, 6.45) is -4.53. The molecule has 1 aromatic heterocycles. The molecule has 0 atom stereocenters. The molecular weight excluding hydrogens is 357 g/mol. The third-order valence-electron chi connectivity index (χ3n) is 3.27. The Hall–Kier alpha value is -2.05. The van der Waals surface area contributed by atoms with Crippen molar-refractivity contribution in [2.45, 2.75) is 13.1 Å². The fraction of sp³-hybridized carbons (Fsp3) is 0.118. The van der Waals surface area contributed by atoms with Crippen LogP contribution in [0.2, 0.25) is 5.02 Å². The van der Waals surface area contributed by atoms with E-state index in [1.54, 1.807) is 30.3 Å². The zero-order valence-corrected chi connectivity index (χ0v) is 14.1. The Balaban J connectivity index is 2.02. The molecule has 1 N–H and O–H groups in total. The average Bonchev–Trinajstić information content (AvgIpc) is 2.92. The van der Waals surface area contributed by atoms with Crippen molar-refractivity contribution in [3.63, 3.8) is 0 Å². The number of thiazole rings is 1. The van der Waals surface area contributed by atoms with Crippen LogP contribution in [-0.4, -0.2) is 4.98 Å². The number of anilines is 2. The van der Waals surface area contributed by atoms with E-state index in [-0.39, 0.29) is 10.0 Å². The lowest BCUT2D eigenvalue weighted by Gasteiger charge is -2.06. The number of halogens is 4. The van der Waals surface area contributed by atoms with Crippen molar-refractivity contribution >= 4 is 33.8 Å². The molecule has 1 heterocycles. The zero-order chi connectivity index (χ0) is 17.3. The minimum atomic E-state index is -4.53. The average molecular weight is 369 g/mol. The van der Waals surface area contributed by atoms with Crippen LogP contribution in [0.15, 0.2) is 48.5 Å². The first-order valence-corrected chi connectivity index (χ1v) is 8.20. The number of hydrogen-bond acceptors (Lipinski definition) is 3. The molecule has 24 heavy (non-hydrogen) atoms. The van der Waals surface area contributed by atoms with Gasteiger partial charge in [-0.15, -0.1) is 0 Å². The summed E-state index contributed by atoms with van der Waals surface area (Å²) in [6, 6.07) is 13.6. The van der Waals surface area contributed by atoms with Gasteiger partial charge in [-0.1, -0.05) is 47.2 Å². The molecular formula is C17H12ClF3N2S. The van der Waals surface area contributed by atoms with E-state index in [4.69, 9.17) is 11.6 Å². The highest BCUT2D eigenvalue weighted by Crippen LogP contribution is 2.42. The summed E-state index contributed by atoms with van der Waals surface area (Å²) in [7, 11) is 0. The molecule has 0 bridgehead atoms. The standard InChI is InChI=1S/C17H12ClF3N2S/c1-10-3-2-4-13(9-10)22-16-23-15(17(19,20)21)14(24-16)11-5-7-12(18)8-6-11/h2-9H,1H3,(H,22,23). The van der Waals surface area contributed by atoms with Gasteiger partial charge in [-0.2, -0.15) is 13.2 Å². The van der Waals surface area contributed by atoms with Gasteiger partial charge in [0.2, 0.25) is 0 Å². The van der Waals surface area contributed by atoms with Crippen molar-refractivity contribution in [1.29, 1.82) is 0 Å². The van der Waals surface area contributed by atoms with Crippen LogP contribution in [0.4, 0.5) is 24.0 Å². The molecule has 0 aliphatic heterocycles. The number of nitrogens with one attached hydrogen (secondary N) is 1. The predicted molar refractivity (Wildman–Crippen MR) is 92.0 cm³/mol.